The third-order valence-corrected chi connectivity index (χ3v) is 3.39. The molecule has 112 valence electrons. The molecule has 0 spiro atoms. The predicted molar refractivity (Wildman–Crippen MR) is 79.2 cm³/mol. The highest BCUT2D eigenvalue weighted by Crippen LogP contribution is 2.38. The largest absolute Gasteiger partial charge is 0.496 e. The molecule has 0 saturated carbocycles. The molecule has 0 fully saturated rings. The molecule has 0 aliphatic rings. The van der Waals surface area contributed by atoms with Crippen molar-refractivity contribution in [2.75, 3.05) is 13.7 Å². The molecule has 0 heterocycles. The molecule has 4 heteroatoms. The fraction of sp³-hybridized carbons (Fsp3) is 0.294. The first kappa shape index (κ1) is 15.3. The lowest BCUT2D eigenvalue weighted by Gasteiger charge is -2.27. The first-order chi connectivity index (χ1) is 10.0. The van der Waals surface area contributed by atoms with Gasteiger partial charge in [-0.2, -0.15) is 0 Å². The van der Waals surface area contributed by atoms with E-state index in [-0.39, 0.29) is 5.56 Å². The van der Waals surface area contributed by atoms with E-state index in [4.69, 9.17) is 9.47 Å². The van der Waals surface area contributed by atoms with Crippen molar-refractivity contribution < 1.29 is 19.0 Å². The number of methoxy groups -OCH3 is 1. The van der Waals surface area contributed by atoms with Crippen molar-refractivity contribution in [3.63, 3.8) is 0 Å². The molecule has 3 nitrogen and oxygen atoms in total. The second-order valence-electron chi connectivity index (χ2n) is 4.85. The van der Waals surface area contributed by atoms with Gasteiger partial charge in [-0.25, -0.2) is 4.39 Å². The average Bonchev–Trinajstić information content (AvgIpc) is 2.47. The minimum atomic E-state index is -1.52. The molecule has 0 saturated heterocycles. The van der Waals surface area contributed by atoms with E-state index in [1.807, 2.05) is 6.92 Å². The maximum absolute atomic E-state index is 14.2. The minimum Gasteiger partial charge on any atom is -0.496 e. The summed E-state index contributed by atoms with van der Waals surface area (Å²) < 4.78 is 24.8. The highest BCUT2D eigenvalue weighted by molar-refractivity contribution is 5.46. The molecule has 21 heavy (non-hydrogen) atoms. The van der Waals surface area contributed by atoms with Crippen LogP contribution in [0.2, 0.25) is 0 Å². The van der Waals surface area contributed by atoms with Gasteiger partial charge >= 0.3 is 0 Å². The van der Waals surface area contributed by atoms with E-state index in [2.05, 4.69) is 0 Å². The molecular formula is C17H19FO3. The molecular weight excluding hydrogens is 271 g/mol. The van der Waals surface area contributed by atoms with Crippen LogP contribution in [-0.4, -0.2) is 18.8 Å². The van der Waals surface area contributed by atoms with Crippen molar-refractivity contribution in [1.82, 2.24) is 0 Å². The second-order valence-corrected chi connectivity index (χ2v) is 4.85. The van der Waals surface area contributed by atoms with E-state index in [0.29, 0.717) is 23.7 Å². The summed E-state index contributed by atoms with van der Waals surface area (Å²) in [6.45, 7) is 3.94. The van der Waals surface area contributed by atoms with Crippen molar-refractivity contribution in [2.24, 2.45) is 0 Å². The molecule has 1 N–H and O–H groups in total. The summed E-state index contributed by atoms with van der Waals surface area (Å²) in [5.74, 6) is 0.425. The number of ether oxygens (including phenoxy) is 2. The van der Waals surface area contributed by atoms with Crippen LogP contribution >= 0.6 is 0 Å². The van der Waals surface area contributed by atoms with Crippen LogP contribution in [0.3, 0.4) is 0 Å². The first-order valence-electron chi connectivity index (χ1n) is 6.79. The van der Waals surface area contributed by atoms with E-state index in [0.717, 1.165) is 0 Å². The molecule has 1 atom stereocenters. The highest BCUT2D eigenvalue weighted by atomic mass is 19.1. The van der Waals surface area contributed by atoms with Gasteiger partial charge in [0.2, 0.25) is 0 Å². The monoisotopic (exact) mass is 290 g/mol. The quantitative estimate of drug-likeness (QED) is 0.916. The zero-order valence-electron chi connectivity index (χ0n) is 12.4. The lowest BCUT2D eigenvalue weighted by Crippen LogP contribution is -2.25. The summed E-state index contributed by atoms with van der Waals surface area (Å²) in [6, 6.07) is 11.5. The third kappa shape index (κ3) is 3.00. The Morgan fingerprint density at radius 2 is 1.90 bits per heavy atom. The Labute approximate surface area is 124 Å². The number of hydrogen-bond acceptors (Lipinski definition) is 3. The standard InChI is InChI=1S/C17H19FO3/c1-4-21-13-8-5-7-12(11-13)17(2,19)16-14(18)9-6-10-15(16)20-3/h5-11,19H,4H2,1-3H3. The molecule has 2 rings (SSSR count). The van der Waals surface area contributed by atoms with E-state index in [1.165, 1.54) is 13.2 Å². The number of benzene rings is 2. The van der Waals surface area contributed by atoms with Gasteiger partial charge in [-0.05, 0) is 43.7 Å². The Morgan fingerprint density at radius 3 is 2.57 bits per heavy atom. The van der Waals surface area contributed by atoms with E-state index in [1.54, 1.807) is 43.3 Å². The highest BCUT2D eigenvalue weighted by Gasteiger charge is 2.32. The predicted octanol–water partition coefficient (Wildman–Crippen LogP) is 3.49. The van der Waals surface area contributed by atoms with Crippen LogP contribution < -0.4 is 9.47 Å². The Kier molecular flexibility index (Phi) is 4.48. The van der Waals surface area contributed by atoms with Gasteiger partial charge in [0, 0.05) is 0 Å². The zero-order chi connectivity index (χ0) is 15.5. The van der Waals surface area contributed by atoms with Gasteiger partial charge in [0.1, 0.15) is 22.9 Å². The van der Waals surface area contributed by atoms with Crippen LogP contribution in [-0.2, 0) is 5.60 Å². The molecule has 0 aromatic heterocycles. The van der Waals surface area contributed by atoms with Crippen LogP contribution in [0, 0.1) is 5.82 Å². The summed E-state index contributed by atoms with van der Waals surface area (Å²) in [6.07, 6.45) is 0. The maximum atomic E-state index is 14.2. The van der Waals surface area contributed by atoms with Gasteiger partial charge in [0.05, 0.1) is 19.3 Å². The molecule has 0 bridgehead atoms. The Bertz CT molecular complexity index is 623. The normalized spacial score (nSPS) is 13.6. The topological polar surface area (TPSA) is 38.7 Å². The molecule has 0 aliphatic carbocycles. The molecule has 0 amide bonds. The Hall–Kier alpha value is -2.07. The van der Waals surface area contributed by atoms with Gasteiger partial charge in [-0.1, -0.05) is 18.2 Å². The summed E-state index contributed by atoms with van der Waals surface area (Å²) >= 11 is 0. The molecule has 2 aromatic rings. The first-order valence-corrected chi connectivity index (χ1v) is 6.79. The lowest BCUT2D eigenvalue weighted by atomic mass is 9.87. The van der Waals surface area contributed by atoms with Crippen LogP contribution in [0.15, 0.2) is 42.5 Å². The van der Waals surface area contributed by atoms with Gasteiger partial charge in [-0.15, -0.1) is 0 Å². The summed E-state index contributed by atoms with van der Waals surface area (Å²) in [4.78, 5) is 0. The van der Waals surface area contributed by atoms with Gasteiger partial charge in [0.15, 0.2) is 0 Å². The van der Waals surface area contributed by atoms with Gasteiger partial charge < -0.3 is 14.6 Å². The van der Waals surface area contributed by atoms with Crippen molar-refractivity contribution in [1.29, 1.82) is 0 Å². The van der Waals surface area contributed by atoms with Crippen molar-refractivity contribution in [3.05, 3.63) is 59.4 Å². The smallest absolute Gasteiger partial charge is 0.133 e. The maximum Gasteiger partial charge on any atom is 0.133 e. The minimum absolute atomic E-state index is 0.112. The van der Waals surface area contributed by atoms with E-state index in [9.17, 15) is 9.50 Å². The fourth-order valence-corrected chi connectivity index (χ4v) is 2.35. The summed E-state index contributed by atoms with van der Waals surface area (Å²) in [5.41, 5.74) is -0.873. The van der Waals surface area contributed by atoms with Gasteiger partial charge in [-0.3, -0.25) is 0 Å². The van der Waals surface area contributed by atoms with Crippen LogP contribution in [0.5, 0.6) is 11.5 Å². The summed E-state index contributed by atoms with van der Waals surface area (Å²) in [7, 11) is 1.45. The van der Waals surface area contributed by atoms with Crippen molar-refractivity contribution in [3.8, 4) is 11.5 Å². The van der Waals surface area contributed by atoms with Gasteiger partial charge in [0.25, 0.3) is 0 Å². The summed E-state index contributed by atoms with van der Waals surface area (Å²) in [5, 5.41) is 10.9. The number of hydrogen-bond donors (Lipinski definition) is 1. The van der Waals surface area contributed by atoms with Crippen molar-refractivity contribution in [2.45, 2.75) is 19.4 Å². The Morgan fingerprint density at radius 1 is 1.19 bits per heavy atom. The number of rotatable bonds is 5. The number of aliphatic hydroxyl groups is 1. The number of halogens is 1. The van der Waals surface area contributed by atoms with E-state index < -0.39 is 11.4 Å². The SMILES string of the molecule is CCOc1cccc(C(C)(O)c2c(F)cccc2OC)c1. The average molecular weight is 290 g/mol. The second kappa shape index (κ2) is 6.14. The molecule has 1 unspecified atom stereocenters. The van der Waals surface area contributed by atoms with Crippen molar-refractivity contribution >= 4 is 0 Å². The zero-order valence-corrected chi connectivity index (χ0v) is 12.4. The van der Waals surface area contributed by atoms with Crippen LogP contribution in [0.1, 0.15) is 25.0 Å². The molecule has 0 aliphatic heterocycles. The molecule has 2 aromatic carbocycles. The van der Waals surface area contributed by atoms with Crippen LogP contribution in [0.4, 0.5) is 4.39 Å². The fourth-order valence-electron chi connectivity index (χ4n) is 2.35. The molecule has 0 radical (unpaired) electrons. The van der Waals surface area contributed by atoms with Crippen LogP contribution in [0.25, 0.3) is 0 Å². The van der Waals surface area contributed by atoms with E-state index >= 15 is 0 Å². The lowest BCUT2D eigenvalue weighted by molar-refractivity contribution is 0.0941. The third-order valence-electron chi connectivity index (χ3n) is 3.39. The Balaban J connectivity index is 2.54.